The maximum Gasteiger partial charge on any atom is 0.343 e. The molecule has 1 aromatic heterocycles. The molecular weight excluding hydrogens is 492 g/mol. The second-order valence-corrected chi connectivity index (χ2v) is 9.41. The van der Waals surface area contributed by atoms with Gasteiger partial charge in [-0.25, -0.2) is 4.79 Å². The summed E-state index contributed by atoms with van der Waals surface area (Å²) in [6.07, 6.45) is 6.34. The normalized spacial score (nSPS) is 15.4. The third kappa shape index (κ3) is 6.11. The standard InChI is InChI=1S/C27H29ClN6O3/c1-36-23-16-19(6-11-22(23)37-26(35)20-7-9-21(28)10-8-20)18-29-32-24-17-25(33-12-2-3-13-33)31-27(30-24)34-14-4-5-15-34/h6-11,16-18H,2-5,12-15H2,1H3,(H,30,31,32). The maximum atomic E-state index is 12.5. The summed E-state index contributed by atoms with van der Waals surface area (Å²) in [5, 5.41) is 4.94. The number of halogens is 1. The van der Waals surface area contributed by atoms with Crippen molar-refractivity contribution in [3.63, 3.8) is 0 Å². The quantitative estimate of drug-likeness (QED) is 0.192. The Morgan fingerprint density at radius 1 is 0.946 bits per heavy atom. The van der Waals surface area contributed by atoms with Crippen LogP contribution in [-0.2, 0) is 0 Å². The summed E-state index contributed by atoms with van der Waals surface area (Å²) in [5.74, 6) is 2.56. The fraction of sp³-hybridized carbons (Fsp3) is 0.333. The summed E-state index contributed by atoms with van der Waals surface area (Å²) in [6.45, 7) is 3.96. The molecule has 3 aromatic rings. The van der Waals surface area contributed by atoms with Crippen LogP contribution in [-0.4, -0.2) is 55.4 Å². The number of rotatable bonds is 8. The number of hydrogen-bond donors (Lipinski definition) is 1. The Kier molecular flexibility index (Phi) is 7.70. The van der Waals surface area contributed by atoms with Crippen molar-refractivity contribution in [3.8, 4) is 11.5 Å². The van der Waals surface area contributed by atoms with Gasteiger partial charge in [-0.3, -0.25) is 5.43 Å². The number of carbonyl (C=O) groups excluding carboxylic acids is 1. The molecule has 1 N–H and O–H groups in total. The van der Waals surface area contributed by atoms with Crippen molar-refractivity contribution in [1.29, 1.82) is 0 Å². The topological polar surface area (TPSA) is 92.2 Å². The molecule has 9 nitrogen and oxygen atoms in total. The van der Waals surface area contributed by atoms with Gasteiger partial charge >= 0.3 is 5.97 Å². The molecule has 0 spiro atoms. The molecule has 0 amide bonds. The fourth-order valence-corrected chi connectivity index (χ4v) is 4.54. The molecule has 10 heteroatoms. The zero-order chi connectivity index (χ0) is 25.6. The van der Waals surface area contributed by atoms with E-state index in [1.54, 1.807) is 48.7 Å². The van der Waals surface area contributed by atoms with Crippen LogP contribution >= 0.6 is 11.6 Å². The number of hydrazone groups is 1. The van der Waals surface area contributed by atoms with Gasteiger partial charge in [0, 0.05) is 37.3 Å². The van der Waals surface area contributed by atoms with Crippen molar-refractivity contribution in [1.82, 2.24) is 9.97 Å². The number of nitrogens with zero attached hydrogens (tertiary/aromatic N) is 5. The van der Waals surface area contributed by atoms with Crippen LogP contribution in [0.2, 0.25) is 5.02 Å². The first-order valence-electron chi connectivity index (χ1n) is 12.4. The van der Waals surface area contributed by atoms with Gasteiger partial charge in [-0.15, -0.1) is 0 Å². The van der Waals surface area contributed by atoms with E-state index in [1.807, 2.05) is 6.07 Å². The average molecular weight is 521 g/mol. The van der Waals surface area contributed by atoms with Gasteiger partial charge in [0.15, 0.2) is 17.3 Å². The number of nitrogens with one attached hydrogen (secondary N) is 1. The van der Waals surface area contributed by atoms with Crippen LogP contribution in [0.5, 0.6) is 11.5 Å². The van der Waals surface area contributed by atoms with Gasteiger partial charge in [-0.1, -0.05) is 11.6 Å². The smallest absolute Gasteiger partial charge is 0.343 e. The van der Waals surface area contributed by atoms with E-state index in [4.69, 9.17) is 31.0 Å². The van der Waals surface area contributed by atoms with Crippen molar-refractivity contribution in [3.05, 3.63) is 64.7 Å². The van der Waals surface area contributed by atoms with Gasteiger partial charge in [-0.2, -0.15) is 15.1 Å². The number of methoxy groups -OCH3 is 1. The van der Waals surface area contributed by atoms with Crippen LogP contribution in [0.25, 0.3) is 0 Å². The van der Waals surface area contributed by atoms with E-state index in [-0.39, 0.29) is 0 Å². The summed E-state index contributed by atoms with van der Waals surface area (Å²) in [6, 6.07) is 13.7. The monoisotopic (exact) mass is 520 g/mol. The van der Waals surface area contributed by atoms with Gasteiger partial charge in [0.2, 0.25) is 5.95 Å². The Morgan fingerprint density at radius 3 is 2.35 bits per heavy atom. The summed E-state index contributed by atoms with van der Waals surface area (Å²) in [4.78, 5) is 26.5. The molecule has 2 aliphatic rings. The van der Waals surface area contributed by atoms with Crippen molar-refractivity contribution in [2.75, 3.05) is 48.5 Å². The third-order valence-electron chi connectivity index (χ3n) is 6.38. The van der Waals surface area contributed by atoms with E-state index in [2.05, 4.69) is 20.3 Å². The lowest BCUT2D eigenvalue weighted by atomic mass is 10.2. The Bertz CT molecular complexity index is 1240. The number of anilines is 3. The zero-order valence-corrected chi connectivity index (χ0v) is 21.4. The first-order valence-corrected chi connectivity index (χ1v) is 12.8. The lowest BCUT2D eigenvalue weighted by molar-refractivity contribution is 0.0729. The highest BCUT2D eigenvalue weighted by Crippen LogP contribution is 2.29. The predicted octanol–water partition coefficient (Wildman–Crippen LogP) is 5.00. The highest BCUT2D eigenvalue weighted by Gasteiger charge is 2.20. The largest absolute Gasteiger partial charge is 0.493 e. The molecule has 2 saturated heterocycles. The van der Waals surface area contributed by atoms with Crippen molar-refractivity contribution < 1.29 is 14.3 Å². The van der Waals surface area contributed by atoms with Crippen molar-refractivity contribution in [2.24, 2.45) is 5.10 Å². The van der Waals surface area contributed by atoms with E-state index >= 15 is 0 Å². The van der Waals surface area contributed by atoms with Crippen molar-refractivity contribution >= 4 is 41.4 Å². The van der Waals surface area contributed by atoms with Crippen LogP contribution in [0.15, 0.2) is 53.6 Å². The molecule has 2 aromatic carbocycles. The average Bonchev–Trinajstić information content (AvgIpc) is 3.65. The summed E-state index contributed by atoms with van der Waals surface area (Å²) in [7, 11) is 1.52. The summed E-state index contributed by atoms with van der Waals surface area (Å²) < 4.78 is 11.0. The zero-order valence-electron chi connectivity index (χ0n) is 20.7. The Balaban J connectivity index is 1.29. The highest BCUT2D eigenvalue weighted by atomic mass is 35.5. The number of carbonyl (C=O) groups is 1. The molecule has 0 aliphatic carbocycles. The number of ether oxygens (including phenoxy) is 2. The molecule has 0 radical (unpaired) electrons. The number of esters is 1. The van der Waals surface area contributed by atoms with Gasteiger partial charge in [0.1, 0.15) is 5.82 Å². The molecule has 3 heterocycles. The van der Waals surface area contributed by atoms with Gasteiger partial charge in [-0.05, 0) is 73.7 Å². The Morgan fingerprint density at radius 2 is 1.65 bits per heavy atom. The SMILES string of the molecule is COc1cc(C=NNc2cc(N3CCCC3)nc(N3CCCC3)n2)ccc1OC(=O)c1ccc(Cl)cc1. The molecule has 192 valence electrons. The van der Waals surface area contributed by atoms with Gasteiger partial charge < -0.3 is 19.3 Å². The molecule has 0 saturated carbocycles. The Hall–Kier alpha value is -3.85. The second-order valence-electron chi connectivity index (χ2n) is 8.98. The first kappa shape index (κ1) is 24.8. The Labute approximate surface area is 221 Å². The third-order valence-corrected chi connectivity index (χ3v) is 6.63. The minimum Gasteiger partial charge on any atom is -0.493 e. The maximum absolute atomic E-state index is 12.5. The fourth-order valence-electron chi connectivity index (χ4n) is 4.41. The van der Waals surface area contributed by atoms with Crippen molar-refractivity contribution in [2.45, 2.75) is 25.7 Å². The lowest BCUT2D eigenvalue weighted by Gasteiger charge is -2.21. The van der Waals surface area contributed by atoms with E-state index in [1.165, 1.54) is 20.0 Å². The summed E-state index contributed by atoms with van der Waals surface area (Å²) >= 11 is 5.90. The van der Waals surface area contributed by atoms with Crippen LogP contribution in [0.3, 0.4) is 0 Å². The molecule has 5 rings (SSSR count). The number of aromatic nitrogens is 2. The van der Waals surface area contributed by atoms with Crippen LogP contribution in [0.4, 0.5) is 17.6 Å². The molecular formula is C27H29ClN6O3. The van der Waals surface area contributed by atoms with E-state index in [9.17, 15) is 4.79 Å². The van der Waals surface area contributed by atoms with Gasteiger partial charge in [0.05, 0.1) is 18.9 Å². The lowest BCUT2D eigenvalue weighted by Crippen LogP contribution is -2.24. The minimum absolute atomic E-state index is 0.314. The molecule has 0 unspecified atom stereocenters. The minimum atomic E-state index is -0.496. The number of hydrogen-bond acceptors (Lipinski definition) is 9. The predicted molar refractivity (Wildman–Crippen MR) is 146 cm³/mol. The molecule has 0 bridgehead atoms. The van der Waals surface area contributed by atoms with Crippen LogP contribution < -0.4 is 24.7 Å². The van der Waals surface area contributed by atoms with Crippen LogP contribution in [0, 0.1) is 0 Å². The molecule has 37 heavy (non-hydrogen) atoms. The van der Waals surface area contributed by atoms with Crippen LogP contribution in [0.1, 0.15) is 41.6 Å². The second kappa shape index (κ2) is 11.5. The molecule has 2 aliphatic heterocycles. The van der Waals surface area contributed by atoms with E-state index in [0.29, 0.717) is 27.9 Å². The highest BCUT2D eigenvalue weighted by molar-refractivity contribution is 6.30. The number of benzene rings is 2. The summed E-state index contributed by atoms with van der Waals surface area (Å²) in [5.41, 5.74) is 4.22. The van der Waals surface area contributed by atoms with E-state index < -0.39 is 5.97 Å². The molecule has 0 atom stereocenters. The van der Waals surface area contributed by atoms with Gasteiger partial charge in [0.25, 0.3) is 0 Å². The van der Waals surface area contributed by atoms with E-state index in [0.717, 1.165) is 56.4 Å². The first-order chi connectivity index (χ1) is 18.1. The molecule has 2 fully saturated rings.